The third-order valence-electron chi connectivity index (χ3n) is 2.42. The summed E-state index contributed by atoms with van der Waals surface area (Å²) in [5.41, 5.74) is 7.17. The van der Waals surface area contributed by atoms with Crippen molar-refractivity contribution in [2.75, 3.05) is 11.1 Å². The molecule has 1 heterocycles. The maximum absolute atomic E-state index is 10.8. The number of benzene rings is 1. The molecule has 1 aromatic heterocycles. The van der Waals surface area contributed by atoms with Gasteiger partial charge in [-0.25, -0.2) is 9.78 Å². The second-order valence-electron chi connectivity index (χ2n) is 3.75. The van der Waals surface area contributed by atoms with Crippen LogP contribution in [0, 0.1) is 11.3 Å². The Kier molecular flexibility index (Phi) is 3.30. The standard InChI is InChI=1S/C13H10N4O2/c14-7-8-1-3-9(4-2-8)16-12-10(15)5-6-11(17-12)13(18)19/h1-6H,15H2,(H,16,17)(H,18,19). The van der Waals surface area contributed by atoms with Gasteiger partial charge in [-0.15, -0.1) is 0 Å². The lowest BCUT2D eigenvalue weighted by Crippen LogP contribution is -2.05. The molecule has 0 saturated heterocycles. The van der Waals surface area contributed by atoms with Gasteiger partial charge in [-0.3, -0.25) is 0 Å². The molecule has 0 aliphatic rings. The minimum absolute atomic E-state index is 0.0923. The summed E-state index contributed by atoms with van der Waals surface area (Å²) in [7, 11) is 0. The molecular weight excluding hydrogens is 244 g/mol. The van der Waals surface area contributed by atoms with Crippen LogP contribution in [0.2, 0.25) is 0 Å². The molecule has 0 amide bonds. The highest BCUT2D eigenvalue weighted by molar-refractivity contribution is 5.87. The van der Waals surface area contributed by atoms with E-state index < -0.39 is 5.97 Å². The zero-order valence-corrected chi connectivity index (χ0v) is 9.79. The predicted molar refractivity (Wildman–Crippen MR) is 70.0 cm³/mol. The number of anilines is 3. The fraction of sp³-hybridized carbons (Fsp3) is 0. The number of hydrogen-bond acceptors (Lipinski definition) is 5. The zero-order valence-electron chi connectivity index (χ0n) is 9.79. The van der Waals surface area contributed by atoms with Crippen molar-refractivity contribution in [1.29, 1.82) is 5.26 Å². The molecule has 4 N–H and O–H groups in total. The van der Waals surface area contributed by atoms with Crippen LogP contribution in [0.4, 0.5) is 17.2 Å². The first-order valence-corrected chi connectivity index (χ1v) is 5.37. The lowest BCUT2D eigenvalue weighted by Gasteiger charge is -2.08. The second-order valence-corrected chi connectivity index (χ2v) is 3.75. The van der Waals surface area contributed by atoms with Crippen LogP contribution in [0.25, 0.3) is 0 Å². The molecule has 2 rings (SSSR count). The summed E-state index contributed by atoms with van der Waals surface area (Å²) in [6, 6.07) is 11.5. The molecule has 0 fully saturated rings. The lowest BCUT2D eigenvalue weighted by atomic mass is 10.2. The van der Waals surface area contributed by atoms with Gasteiger partial charge >= 0.3 is 5.97 Å². The van der Waals surface area contributed by atoms with E-state index in [0.717, 1.165) is 0 Å². The van der Waals surface area contributed by atoms with Crippen LogP contribution in [-0.4, -0.2) is 16.1 Å². The number of nitrogen functional groups attached to an aromatic ring is 1. The number of pyridine rings is 1. The van der Waals surface area contributed by atoms with Crippen molar-refractivity contribution < 1.29 is 9.90 Å². The van der Waals surface area contributed by atoms with E-state index in [-0.39, 0.29) is 11.5 Å². The molecule has 19 heavy (non-hydrogen) atoms. The normalized spacial score (nSPS) is 9.63. The number of nitrogens with zero attached hydrogens (tertiary/aromatic N) is 2. The third kappa shape index (κ3) is 2.79. The maximum atomic E-state index is 10.8. The number of nitrogens with two attached hydrogens (primary N) is 1. The van der Waals surface area contributed by atoms with Crippen molar-refractivity contribution in [3.63, 3.8) is 0 Å². The first-order chi connectivity index (χ1) is 9.10. The van der Waals surface area contributed by atoms with Gasteiger partial charge in [0.15, 0.2) is 11.5 Å². The summed E-state index contributed by atoms with van der Waals surface area (Å²) >= 11 is 0. The number of rotatable bonds is 3. The molecule has 0 unspecified atom stereocenters. The Morgan fingerprint density at radius 1 is 1.26 bits per heavy atom. The van der Waals surface area contributed by atoms with Crippen molar-refractivity contribution in [2.45, 2.75) is 0 Å². The van der Waals surface area contributed by atoms with Gasteiger partial charge in [0.25, 0.3) is 0 Å². The number of carboxylic acid groups (broad SMARTS) is 1. The molecule has 2 aromatic rings. The summed E-state index contributed by atoms with van der Waals surface area (Å²) in [5.74, 6) is -0.854. The molecule has 6 nitrogen and oxygen atoms in total. The number of aromatic carboxylic acids is 1. The van der Waals surface area contributed by atoms with Gasteiger partial charge < -0.3 is 16.2 Å². The van der Waals surface area contributed by atoms with Crippen LogP contribution in [0.5, 0.6) is 0 Å². The van der Waals surface area contributed by atoms with Crippen molar-refractivity contribution in [3.8, 4) is 6.07 Å². The van der Waals surface area contributed by atoms with E-state index >= 15 is 0 Å². The number of nitriles is 1. The molecule has 0 saturated carbocycles. The van der Waals surface area contributed by atoms with E-state index in [2.05, 4.69) is 10.3 Å². The first-order valence-electron chi connectivity index (χ1n) is 5.37. The van der Waals surface area contributed by atoms with Gasteiger partial charge in [0, 0.05) is 5.69 Å². The van der Waals surface area contributed by atoms with Crippen LogP contribution in [0.1, 0.15) is 16.1 Å². The summed E-state index contributed by atoms with van der Waals surface area (Å²) < 4.78 is 0. The average molecular weight is 254 g/mol. The summed E-state index contributed by atoms with van der Waals surface area (Å²) in [4.78, 5) is 14.7. The molecule has 6 heteroatoms. The van der Waals surface area contributed by atoms with Crippen molar-refractivity contribution in [3.05, 3.63) is 47.7 Å². The number of aromatic nitrogens is 1. The van der Waals surface area contributed by atoms with Crippen LogP contribution >= 0.6 is 0 Å². The van der Waals surface area contributed by atoms with Crippen molar-refractivity contribution >= 4 is 23.2 Å². The number of nitrogens with one attached hydrogen (secondary N) is 1. The Morgan fingerprint density at radius 2 is 1.95 bits per heavy atom. The van der Waals surface area contributed by atoms with E-state index in [1.54, 1.807) is 24.3 Å². The van der Waals surface area contributed by atoms with E-state index in [1.807, 2.05) is 6.07 Å². The summed E-state index contributed by atoms with van der Waals surface area (Å²) in [5, 5.41) is 20.5. The Balaban J connectivity index is 2.29. The van der Waals surface area contributed by atoms with Crippen molar-refractivity contribution in [2.24, 2.45) is 0 Å². The van der Waals surface area contributed by atoms with Gasteiger partial charge in [0.05, 0.1) is 17.3 Å². The third-order valence-corrected chi connectivity index (χ3v) is 2.42. The van der Waals surface area contributed by atoms with E-state index in [9.17, 15) is 4.79 Å². The quantitative estimate of drug-likeness (QED) is 0.772. The summed E-state index contributed by atoms with van der Waals surface area (Å²) in [6.07, 6.45) is 0. The molecule has 0 atom stereocenters. The highest BCUT2D eigenvalue weighted by Crippen LogP contribution is 2.21. The Morgan fingerprint density at radius 3 is 2.53 bits per heavy atom. The smallest absolute Gasteiger partial charge is 0.354 e. The lowest BCUT2D eigenvalue weighted by molar-refractivity contribution is 0.0690. The van der Waals surface area contributed by atoms with Gasteiger partial charge in [-0.05, 0) is 36.4 Å². The number of hydrogen-bond donors (Lipinski definition) is 3. The van der Waals surface area contributed by atoms with Crippen LogP contribution < -0.4 is 11.1 Å². The minimum Gasteiger partial charge on any atom is -0.477 e. The van der Waals surface area contributed by atoms with Gasteiger partial charge in [-0.2, -0.15) is 5.26 Å². The number of carboxylic acids is 1. The van der Waals surface area contributed by atoms with E-state index in [0.29, 0.717) is 16.9 Å². The molecule has 0 spiro atoms. The van der Waals surface area contributed by atoms with Gasteiger partial charge in [0.2, 0.25) is 0 Å². The Hall–Kier alpha value is -3.07. The zero-order chi connectivity index (χ0) is 13.8. The van der Waals surface area contributed by atoms with E-state index in [1.165, 1.54) is 12.1 Å². The predicted octanol–water partition coefficient (Wildman–Crippen LogP) is 1.98. The van der Waals surface area contributed by atoms with Gasteiger partial charge in [-0.1, -0.05) is 0 Å². The molecule has 0 aliphatic heterocycles. The molecular formula is C13H10N4O2. The average Bonchev–Trinajstić information content (AvgIpc) is 2.42. The fourth-order valence-corrected chi connectivity index (χ4v) is 1.45. The molecule has 94 valence electrons. The summed E-state index contributed by atoms with van der Waals surface area (Å²) in [6.45, 7) is 0. The minimum atomic E-state index is -1.12. The van der Waals surface area contributed by atoms with Crippen molar-refractivity contribution in [1.82, 2.24) is 4.98 Å². The highest BCUT2D eigenvalue weighted by Gasteiger charge is 2.08. The number of carbonyl (C=O) groups is 1. The Bertz CT molecular complexity index is 659. The van der Waals surface area contributed by atoms with Gasteiger partial charge in [0.1, 0.15) is 0 Å². The molecule has 0 radical (unpaired) electrons. The fourth-order valence-electron chi connectivity index (χ4n) is 1.45. The largest absolute Gasteiger partial charge is 0.477 e. The molecule has 0 bridgehead atoms. The monoisotopic (exact) mass is 254 g/mol. The molecule has 0 aliphatic carbocycles. The van der Waals surface area contributed by atoms with Crippen LogP contribution in [-0.2, 0) is 0 Å². The maximum Gasteiger partial charge on any atom is 0.354 e. The van der Waals surface area contributed by atoms with Crippen LogP contribution in [0.3, 0.4) is 0 Å². The van der Waals surface area contributed by atoms with Crippen LogP contribution in [0.15, 0.2) is 36.4 Å². The van der Waals surface area contributed by atoms with E-state index in [4.69, 9.17) is 16.1 Å². The highest BCUT2D eigenvalue weighted by atomic mass is 16.4. The SMILES string of the molecule is N#Cc1ccc(Nc2nc(C(=O)O)ccc2N)cc1. The second kappa shape index (κ2) is 5.06. The Labute approximate surface area is 109 Å². The topological polar surface area (TPSA) is 112 Å². The first kappa shape index (κ1) is 12.4. The molecule has 1 aromatic carbocycles.